The van der Waals surface area contributed by atoms with Crippen LogP contribution < -0.4 is 0 Å². The molecule has 0 amide bonds. The molecule has 0 aromatic rings. The molecule has 2 atom stereocenters. The molecule has 0 radical (unpaired) electrons. The van der Waals surface area contributed by atoms with E-state index in [1.165, 1.54) is 38.5 Å². The van der Waals surface area contributed by atoms with Crippen LogP contribution >= 0.6 is 22.6 Å². The Hall–Kier alpha value is 0.650. The van der Waals surface area contributed by atoms with Crippen molar-refractivity contribution in [2.75, 3.05) is 13.2 Å². The van der Waals surface area contributed by atoms with E-state index in [9.17, 15) is 0 Å². The Morgan fingerprint density at radius 3 is 2.36 bits per heavy atom. The van der Waals surface area contributed by atoms with Crippen LogP contribution in [-0.2, 0) is 9.47 Å². The molecule has 0 aromatic carbocycles. The van der Waals surface area contributed by atoms with E-state index < -0.39 is 0 Å². The van der Waals surface area contributed by atoms with Crippen LogP contribution in [0.3, 0.4) is 0 Å². The molecular formula is C11H19IO2. The monoisotopic (exact) mass is 310 g/mol. The molecule has 2 fully saturated rings. The molecule has 2 saturated carbocycles. The van der Waals surface area contributed by atoms with Gasteiger partial charge in [-0.25, -0.2) is 0 Å². The number of hydrogen-bond donors (Lipinski definition) is 0. The molecule has 2 unspecified atom stereocenters. The van der Waals surface area contributed by atoms with Crippen LogP contribution in [0.1, 0.15) is 38.5 Å². The van der Waals surface area contributed by atoms with Gasteiger partial charge in [0.1, 0.15) is 0 Å². The zero-order valence-corrected chi connectivity index (χ0v) is 10.7. The molecule has 14 heavy (non-hydrogen) atoms. The molecule has 3 heteroatoms. The highest BCUT2D eigenvalue weighted by Gasteiger charge is 2.24. The first-order valence-electron chi connectivity index (χ1n) is 5.73. The summed E-state index contributed by atoms with van der Waals surface area (Å²) in [7, 11) is 0. The molecule has 2 aliphatic carbocycles. The fourth-order valence-corrected chi connectivity index (χ4v) is 2.90. The summed E-state index contributed by atoms with van der Waals surface area (Å²) in [6.07, 6.45) is 8.88. The maximum absolute atomic E-state index is 5.84. The molecule has 0 saturated heterocycles. The highest BCUT2D eigenvalue weighted by Crippen LogP contribution is 2.27. The Balaban J connectivity index is 1.53. The third kappa shape index (κ3) is 3.66. The lowest BCUT2D eigenvalue weighted by Gasteiger charge is -2.27. The van der Waals surface area contributed by atoms with Crippen molar-refractivity contribution in [1.82, 2.24) is 0 Å². The summed E-state index contributed by atoms with van der Waals surface area (Å²) in [5.74, 6) is 0. The molecule has 0 bridgehead atoms. The SMILES string of the molecule is IC1CCCCC1OCCOC1CC1. The quantitative estimate of drug-likeness (QED) is 0.442. The van der Waals surface area contributed by atoms with Gasteiger partial charge in [-0.15, -0.1) is 0 Å². The smallest absolute Gasteiger partial charge is 0.0704 e. The molecule has 82 valence electrons. The summed E-state index contributed by atoms with van der Waals surface area (Å²) in [5, 5.41) is 0. The molecule has 2 aliphatic rings. The summed E-state index contributed by atoms with van der Waals surface area (Å²) < 4.78 is 12.1. The zero-order valence-electron chi connectivity index (χ0n) is 8.58. The van der Waals surface area contributed by atoms with Gasteiger partial charge >= 0.3 is 0 Å². The van der Waals surface area contributed by atoms with E-state index in [2.05, 4.69) is 22.6 Å². The number of halogens is 1. The normalized spacial score (nSPS) is 33.2. The summed E-state index contributed by atoms with van der Waals surface area (Å²) in [4.78, 5) is 0. The second kappa shape index (κ2) is 5.66. The van der Waals surface area contributed by atoms with Crippen LogP contribution in [0.5, 0.6) is 0 Å². The lowest BCUT2D eigenvalue weighted by Crippen LogP contribution is -2.29. The van der Waals surface area contributed by atoms with Crippen molar-refractivity contribution in [2.45, 2.75) is 54.7 Å². The molecular weight excluding hydrogens is 291 g/mol. The van der Waals surface area contributed by atoms with Gasteiger partial charge in [-0.3, -0.25) is 0 Å². The number of ether oxygens (including phenoxy) is 2. The third-order valence-electron chi connectivity index (χ3n) is 2.92. The Morgan fingerprint density at radius 1 is 0.929 bits per heavy atom. The Morgan fingerprint density at radius 2 is 1.64 bits per heavy atom. The van der Waals surface area contributed by atoms with Crippen molar-refractivity contribution in [3.05, 3.63) is 0 Å². The van der Waals surface area contributed by atoms with Gasteiger partial charge in [0, 0.05) is 3.92 Å². The summed E-state index contributed by atoms with van der Waals surface area (Å²) in [6.45, 7) is 1.59. The van der Waals surface area contributed by atoms with Gasteiger partial charge in [-0.05, 0) is 25.7 Å². The predicted octanol–water partition coefficient (Wildman–Crippen LogP) is 2.93. The van der Waals surface area contributed by atoms with E-state index in [0.29, 0.717) is 12.2 Å². The lowest BCUT2D eigenvalue weighted by atomic mass is 9.98. The van der Waals surface area contributed by atoms with E-state index in [-0.39, 0.29) is 0 Å². The van der Waals surface area contributed by atoms with Crippen molar-refractivity contribution in [2.24, 2.45) is 0 Å². The Labute approximate surface area is 99.9 Å². The second-order valence-corrected chi connectivity index (χ2v) is 5.88. The average Bonchev–Trinajstić information content (AvgIpc) is 2.99. The Bertz CT molecular complexity index is 171. The minimum Gasteiger partial charge on any atom is -0.376 e. The average molecular weight is 310 g/mol. The van der Waals surface area contributed by atoms with Crippen molar-refractivity contribution < 1.29 is 9.47 Å². The summed E-state index contributed by atoms with van der Waals surface area (Å²) >= 11 is 2.53. The molecule has 0 aliphatic heterocycles. The number of rotatable bonds is 5. The zero-order chi connectivity index (χ0) is 9.80. The van der Waals surface area contributed by atoms with Gasteiger partial charge < -0.3 is 9.47 Å². The van der Waals surface area contributed by atoms with Gasteiger partial charge in [0.25, 0.3) is 0 Å². The van der Waals surface area contributed by atoms with Crippen molar-refractivity contribution in [1.29, 1.82) is 0 Å². The van der Waals surface area contributed by atoms with E-state index in [0.717, 1.165) is 17.1 Å². The fraction of sp³-hybridized carbons (Fsp3) is 1.00. The summed E-state index contributed by atoms with van der Waals surface area (Å²) in [5.41, 5.74) is 0. The molecule has 2 nitrogen and oxygen atoms in total. The van der Waals surface area contributed by atoms with Gasteiger partial charge in [0.2, 0.25) is 0 Å². The standard InChI is InChI=1S/C11H19IO2/c12-10-3-1-2-4-11(10)14-8-7-13-9-5-6-9/h9-11H,1-8H2. The number of hydrogen-bond acceptors (Lipinski definition) is 2. The maximum atomic E-state index is 5.84. The minimum atomic E-state index is 0.493. The maximum Gasteiger partial charge on any atom is 0.0704 e. The number of alkyl halides is 1. The van der Waals surface area contributed by atoms with Crippen LogP contribution in [0.15, 0.2) is 0 Å². The largest absolute Gasteiger partial charge is 0.376 e. The van der Waals surface area contributed by atoms with Crippen LogP contribution in [0.2, 0.25) is 0 Å². The first-order chi connectivity index (χ1) is 6.86. The predicted molar refractivity (Wildman–Crippen MR) is 65.0 cm³/mol. The Kier molecular flexibility index (Phi) is 4.50. The van der Waals surface area contributed by atoms with Crippen molar-refractivity contribution >= 4 is 22.6 Å². The highest BCUT2D eigenvalue weighted by molar-refractivity contribution is 14.1. The van der Waals surface area contributed by atoms with Gasteiger partial charge in [0.15, 0.2) is 0 Å². The van der Waals surface area contributed by atoms with Crippen LogP contribution in [0, 0.1) is 0 Å². The van der Waals surface area contributed by atoms with Crippen LogP contribution in [0.25, 0.3) is 0 Å². The molecule has 0 aromatic heterocycles. The molecule has 0 N–H and O–H groups in total. The van der Waals surface area contributed by atoms with E-state index >= 15 is 0 Å². The molecule has 0 heterocycles. The van der Waals surface area contributed by atoms with E-state index in [1.54, 1.807) is 0 Å². The van der Waals surface area contributed by atoms with Crippen LogP contribution in [0.4, 0.5) is 0 Å². The van der Waals surface area contributed by atoms with E-state index in [4.69, 9.17) is 9.47 Å². The van der Waals surface area contributed by atoms with E-state index in [1.807, 2.05) is 0 Å². The highest BCUT2D eigenvalue weighted by atomic mass is 127. The van der Waals surface area contributed by atoms with Crippen molar-refractivity contribution in [3.8, 4) is 0 Å². The second-order valence-electron chi connectivity index (χ2n) is 4.28. The molecule has 2 rings (SSSR count). The lowest BCUT2D eigenvalue weighted by molar-refractivity contribution is -0.00883. The van der Waals surface area contributed by atoms with Crippen molar-refractivity contribution in [3.63, 3.8) is 0 Å². The third-order valence-corrected chi connectivity index (χ3v) is 4.34. The summed E-state index contributed by atoms with van der Waals surface area (Å²) in [6, 6.07) is 0. The first kappa shape index (κ1) is 11.1. The van der Waals surface area contributed by atoms with Crippen LogP contribution in [-0.4, -0.2) is 29.3 Å². The first-order valence-corrected chi connectivity index (χ1v) is 6.98. The minimum absolute atomic E-state index is 0.493. The fourth-order valence-electron chi connectivity index (χ4n) is 1.89. The van der Waals surface area contributed by atoms with Gasteiger partial charge in [0.05, 0.1) is 25.4 Å². The van der Waals surface area contributed by atoms with Gasteiger partial charge in [-0.1, -0.05) is 35.4 Å². The topological polar surface area (TPSA) is 18.5 Å². The van der Waals surface area contributed by atoms with Gasteiger partial charge in [-0.2, -0.15) is 0 Å². The molecule has 0 spiro atoms.